The van der Waals surface area contributed by atoms with Gasteiger partial charge in [-0.3, -0.25) is 0 Å². The van der Waals surface area contributed by atoms with Gasteiger partial charge in [0.05, 0.1) is 5.60 Å². The van der Waals surface area contributed by atoms with Crippen LogP contribution in [0.1, 0.15) is 32.6 Å². The fourth-order valence-electron chi connectivity index (χ4n) is 2.29. The summed E-state index contributed by atoms with van der Waals surface area (Å²) >= 11 is 4.43. The van der Waals surface area contributed by atoms with Gasteiger partial charge in [-0.15, -0.1) is 0 Å². The molecule has 0 amide bonds. The molecule has 0 bridgehead atoms. The standard InChI is InChI=1S/C10H17IOS/c1-8(11)10(12)4-2-9(3-5-10)6-13-7-9/h8,12H,2-7H2,1H3. The van der Waals surface area contributed by atoms with Gasteiger partial charge in [-0.1, -0.05) is 29.5 Å². The van der Waals surface area contributed by atoms with Crippen LogP contribution in [0.5, 0.6) is 0 Å². The maximum absolute atomic E-state index is 10.3. The van der Waals surface area contributed by atoms with Crippen LogP contribution in [0.3, 0.4) is 0 Å². The lowest BCUT2D eigenvalue weighted by Gasteiger charge is -2.49. The fourth-order valence-corrected chi connectivity index (χ4v) is 4.27. The molecule has 2 fully saturated rings. The van der Waals surface area contributed by atoms with E-state index in [2.05, 4.69) is 41.3 Å². The van der Waals surface area contributed by atoms with Crippen molar-refractivity contribution in [1.29, 1.82) is 0 Å². The average Bonchev–Trinajstić information content (AvgIpc) is 2.03. The predicted octanol–water partition coefficient (Wildman–Crippen LogP) is 2.85. The van der Waals surface area contributed by atoms with E-state index in [-0.39, 0.29) is 5.60 Å². The lowest BCUT2D eigenvalue weighted by Crippen LogP contribution is -2.48. The van der Waals surface area contributed by atoms with E-state index in [1.807, 2.05) is 0 Å². The summed E-state index contributed by atoms with van der Waals surface area (Å²) in [5, 5.41) is 10.3. The number of alkyl halides is 1. The summed E-state index contributed by atoms with van der Waals surface area (Å²) in [6, 6.07) is 0. The summed E-state index contributed by atoms with van der Waals surface area (Å²) < 4.78 is 0.398. The molecule has 1 heterocycles. The Hall–Kier alpha value is 1.04. The molecule has 13 heavy (non-hydrogen) atoms. The molecule has 0 radical (unpaired) electrons. The molecule has 1 aliphatic carbocycles. The van der Waals surface area contributed by atoms with Crippen LogP contribution in [0.4, 0.5) is 0 Å². The van der Waals surface area contributed by atoms with Gasteiger partial charge in [0.25, 0.3) is 0 Å². The molecule has 1 atom stereocenters. The van der Waals surface area contributed by atoms with Gasteiger partial charge in [-0.2, -0.15) is 11.8 Å². The van der Waals surface area contributed by atoms with E-state index in [0.717, 1.165) is 12.8 Å². The third kappa shape index (κ3) is 1.88. The first-order valence-electron chi connectivity index (χ1n) is 5.01. The molecule has 1 nitrogen and oxygen atoms in total. The number of hydrogen-bond acceptors (Lipinski definition) is 2. The van der Waals surface area contributed by atoms with Gasteiger partial charge in [0.15, 0.2) is 0 Å². The highest BCUT2D eigenvalue weighted by molar-refractivity contribution is 14.1. The van der Waals surface area contributed by atoms with E-state index in [1.54, 1.807) is 0 Å². The Morgan fingerprint density at radius 2 is 1.77 bits per heavy atom. The van der Waals surface area contributed by atoms with E-state index in [0.29, 0.717) is 9.34 Å². The van der Waals surface area contributed by atoms with Crippen LogP contribution < -0.4 is 0 Å². The molecule has 1 saturated heterocycles. The Labute approximate surface area is 98.2 Å². The molecular formula is C10H17IOS. The highest BCUT2D eigenvalue weighted by Crippen LogP contribution is 2.52. The number of hydrogen-bond donors (Lipinski definition) is 1. The highest BCUT2D eigenvalue weighted by atomic mass is 127. The van der Waals surface area contributed by atoms with Crippen molar-refractivity contribution >= 4 is 34.4 Å². The number of aliphatic hydroxyl groups is 1. The number of halogens is 1. The van der Waals surface area contributed by atoms with Gasteiger partial charge < -0.3 is 5.11 Å². The van der Waals surface area contributed by atoms with Crippen molar-refractivity contribution in [1.82, 2.24) is 0 Å². The van der Waals surface area contributed by atoms with Crippen molar-refractivity contribution in [2.75, 3.05) is 11.5 Å². The topological polar surface area (TPSA) is 20.2 Å². The highest BCUT2D eigenvalue weighted by Gasteiger charge is 2.46. The van der Waals surface area contributed by atoms with Gasteiger partial charge in [-0.25, -0.2) is 0 Å². The first-order valence-corrected chi connectivity index (χ1v) is 7.41. The summed E-state index contributed by atoms with van der Waals surface area (Å²) in [6.07, 6.45) is 4.56. The minimum atomic E-state index is -0.355. The summed E-state index contributed by atoms with van der Waals surface area (Å²) in [5.74, 6) is 2.69. The van der Waals surface area contributed by atoms with Crippen LogP contribution in [0.15, 0.2) is 0 Å². The van der Waals surface area contributed by atoms with Crippen LogP contribution in [0.2, 0.25) is 0 Å². The van der Waals surface area contributed by atoms with Crippen molar-refractivity contribution in [3.05, 3.63) is 0 Å². The van der Waals surface area contributed by atoms with E-state index in [4.69, 9.17) is 0 Å². The maximum atomic E-state index is 10.3. The zero-order valence-corrected chi connectivity index (χ0v) is 11.0. The molecule has 0 aromatic carbocycles. The van der Waals surface area contributed by atoms with Crippen molar-refractivity contribution in [3.63, 3.8) is 0 Å². The Balaban J connectivity index is 1.95. The van der Waals surface area contributed by atoms with E-state index >= 15 is 0 Å². The second-order valence-corrected chi connectivity index (χ2v) is 7.57. The smallest absolute Gasteiger partial charge is 0.0762 e. The Bertz CT molecular complexity index is 191. The molecule has 1 spiro atoms. The lowest BCUT2D eigenvalue weighted by atomic mass is 9.69. The minimum Gasteiger partial charge on any atom is -0.389 e. The van der Waals surface area contributed by atoms with Crippen molar-refractivity contribution in [2.45, 2.75) is 42.1 Å². The summed E-state index contributed by atoms with van der Waals surface area (Å²) in [6.45, 7) is 2.13. The molecule has 1 aliphatic heterocycles. The average molecular weight is 312 g/mol. The first-order chi connectivity index (χ1) is 6.06. The minimum absolute atomic E-state index is 0.355. The molecule has 0 aromatic heterocycles. The summed E-state index contributed by atoms with van der Waals surface area (Å²) in [4.78, 5) is 0. The van der Waals surface area contributed by atoms with E-state index in [1.165, 1.54) is 24.3 Å². The van der Waals surface area contributed by atoms with Gasteiger partial charge in [0.1, 0.15) is 0 Å². The second kappa shape index (κ2) is 3.56. The second-order valence-electron chi connectivity index (χ2n) is 4.71. The largest absolute Gasteiger partial charge is 0.389 e. The third-order valence-corrected chi connectivity index (χ3v) is 6.53. The van der Waals surface area contributed by atoms with Crippen LogP contribution >= 0.6 is 34.4 Å². The Morgan fingerprint density at radius 1 is 1.23 bits per heavy atom. The predicted molar refractivity (Wildman–Crippen MR) is 66.7 cm³/mol. The molecular weight excluding hydrogens is 295 g/mol. The van der Waals surface area contributed by atoms with E-state index in [9.17, 15) is 5.11 Å². The van der Waals surface area contributed by atoms with Crippen molar-refractivity contribution in [3.8, 4) is 0 Å². The third-order valence-electron chi connectivity index (χ3n) is 3.73. The quantitative estimate of drug-likeness (QED) is 0.593. The lowest BCUT2D eigenvalue weighted by molar-refractivity contribution is -0.0205. The number of thioether (sulfide) groups is 1. The molecule has 1 unspecified atom stereocenters. The zero-order chi connectivity index (χ0) is 9.53. The molecule has 1 N–H and O–H groups in total. The Kier molecular flexibility index (Phi) is 2.89. The Morgan fingerprint density at radius 3 is 2.08 bits per heavy atom. The summed E-state index contributed by atoms with van der Waals surface area (Å²) in [5.41, 5.74) is 0.286. The molecule has 0 aromatic rings. The van der Waals surface area contributed by atoms with Crippen LogP contribution in [-0.2, 0) is 0 Å². The number of rotatable bonds is 1. The van der Waals surface area contributed by atoms with Gasteiger partial charge in [0, 0.05) is 3.92 Å². The van der Waals surface area contributed by atoms with Gasteiger partial charge in [-0.05, 0) is 42.6 Å². The normalized spacial score (nSPS) is 32.5. The van der Waals surface area contributed by atoms with Gasteiger partial charge >= 0.3 is 0 Å². The molecule has 1 saturated carbocycles. The first kappa shape index (κ1) is 10.6. The maximum Gasteiger partial charge on any atom is 0.0762 e. The van der Waals surface area contributed by atoms with Crippen LogP contribution in [0.25, 0.3) is 0 Å². The monoisotopic (exact) mass is 312 g/mol. The van der Waals surface area contributed by atoms with Crippen LogP contribution in [0, 0.1) is 5.41 Å². The summed E-state index contributed by atoms with van der Waals surface area (Å²) in [7, 11) is 0. The van der Waals surface area contributed by atoms with E-state index < -0.39 is 0 Å². The van der Waals surface area contributed by atoms with Crippen molar-refractivity contribution < 1.29 is 5.11 Å². The molecule has 3 heteroatoms. The zero-order valence-electron chi connectivity index (χ0n) is 8.05. The van der Waals surface area contributed by atoms with Gasteiger partial charge in [0.2, 0.25) is 0 Å². The molecule has 76 valence electrons. The SMILES string of the molecule is CC(I)C1(O)CCC2(CC1)CSC2. The fraction of sp³-hybridized carbons (Fsp3) is 1.00. The molecule has 2 rings (SSSR count). The van der Waals surface area contributed by atoms with Crippen LogP contribution in [-0.4, -0.2) is 26.1 Å². The van der Waals surface area contributed by atoms with Crippen molar-refractivity contribution in [2.24, 2.45) is 5.41 Å². The molecule has 2 aliphatic rings.